The molecule has 0 heterocycles. The maximum absolute atomic E-state index is 11.6. The number of hydrogen-bond acceptors (Lipinski definition) is 1. The SMILES string of the molecule is C=C1CCC[C@]2(C)[C@@H]1CC[C@@]13C[C@@H](CC[C@H]12)[C@@H](C(=O)O)C3. The summed E-state index contributed by atoms with van der Waals surface area (Å²) in [5.74, 6) is 1.34. The van der Waals surface area contributed by atoms with Gasteiger partial charge in [-0.05, 0) is 86.4 Å². The quantitative estimate of drug-likeness (QED) is 0.713. The fourth-order valence-electron chi connectivity index (χ4n) is 7.22. The van der Waals surface area contributed by atoms with E-state index in [4.69, 9.17) is 0 Å². The van der Waals surface area contributed by atoms with Crippen LogP contribution in [0.4, 0.5) is 0 Å². The average Bonchev–Trinajstić information content (AvgIpc) is 2.70. The largest absolute Gasteiger partial charge is 0.481 e. The van der Waals surface area contributed by atoms with Crippen LogP contribution in [0.2, 0.25) is 0 Å². The van der Waals surface area contributed by atoms with E-state index < -0.39 is 5.97 Å². The minimum atomic E-state index is -0.530. The predicted molar refractivity (Wildman–Crippen MR) is 82.8 cm³/mol. The highest BCUT2D eigenvalue weighted by Gasteiger charge is 2.62. The molecule has 116 valence electrons. The Morgan fingerprint density at radius 2 is 2.05 bits per heavy atom. The molecule has 4 aliphatic carbocycles. The lowest BCUT2D eigenvalue weighted by Crippen LogP contribution is -2.52. The van der Waals surface area contributed by atoms with E-state index in [1.54, 1.807) is 0 Å². The van der Waals surface area contributed by atoms with Gasteiger partial charge in [0, 0.05) is 0 Å². The van der Waals surface area contributed by atoms with E-state index in [0.29, 0.717) is 22.7 Å². The van der Waals surface area contributed by atoms with Gasteiger partial charge in [-0.25, -0.2) is 0 Å². The van der Waals surface area contributed by atoms with Crippen molar-refractivity contribution in [3.8, 4) is 0 Å². The number of carboxylic acid groups (broad SMARTS) is 1. The number of rotatable bonds is 1. The zero-order valence-electron chi connectivity index (χ0n) is 13.2. The van der Waals surface area contributed by atoms with Gasteiger partial charge in [0.2, 0.25) is 0 Å². The van der Waals surface area contributed by atoms with Crippen molar-refractivity contribution in [2.75, 3.05) is 0 Å². The molecule has 1 N–H and O–H groups in total. The Morgan fingerprint density at radius 1 is 1.24 bits per heavy atom. The van der Waals surface area contributed by atoms with Gasteiger partial charge in [0.1, 0.15) is 0 Å². The molecule has 2 bridgehead atoms. The van der Waals surface area contributed by atoms with Crippen LogP contribution in [-0.2, 0) is 4.79 Å². The molecule has 4 rings (SSSR count). The summed E-state index contributed by atoms with van der Waals surface area (Å²) in [7, 11) is 0. The highest BCUT2D eigenvalue weighted by Crippen LogP contribution is 2.70. The first-order valence-corrected chi connectivity index (χ1v) is 8.87. The molecule has 0 unspecified atom stereocenters. The molecule has 2 nitrogen and oxygen atoms in total. The van der Waals surface area contributed by atoms with Crippen molar-refractivity contribution >= 4 is 5.97 Å². The summed E-state index contributed by atoms with van der Waals surface area (Å²) in [5.41, 5.74) is 2.26. The number of carbonyl (C=O) groups is 1. The topological polar surface area (TPSA) is 37.3 Å². The Bertz CT molecular complexity index is 496. The van der Waals surface area contributed by atoms with Crippen LogP contribution in [0.1, 0.15) is 64.7 Å². The molecule has 0 aromatic heterocycles. The first kappa shape index (κ1) is 13.8. The lowest BCUT2D eigenvalue weighted by atomic mass is 9.44. The minimum absolute atomic E-state index is 0.0538. The van der Waals surface area contributed by atoms with E-state index in [9.17, 15) is 9.90 Å². The number of carboxylic acids is 1. The minimum Gasteiger partial charge on any atom is -0.481 e. The Labute approximate surface area is 128 Å². The van der Waals surface area contributed by atoms with E-state index in [2.05, 4.69) is 13.5 Å². The third kappa shape index (κ3) is 1.74. The smallest absolute Gasteiger partial charge is 0.306 e. The Kier molecular flexibility index (Phi) is 2.88. The van der Waals surface area contributed by atoms with E-state index in [0.717, 1.165) is 18.8 Å². The Balaban J connectivity index is 1.70. The number of hydrogen-bond donors (Lipinski definition) is 1. The third-order valence-electron chi connectivity index (χ3n) is 7.98. The molecule has 21 heavy (non-hydrogen) atoms. The van der Waals surface area contributed by atoms with Crippen molar-refractivity contribution in [2.24, 2.45) is 34.5 Å². The van der Waals surface area contributed by atoms with Crippen LogP contribution in [0.15, 0.2) is 12.2 Å². The van der Waals surface area contributed by atoms with Gasteiger partial charge in [0.25, 0.3) is 0 Å². The van der Waals surface area contributed by atoms with Crippen molar-refractivity contribution in [3.05, 3.63) is 12.2 Å². The first-order valence-electron chi connectivity index (χ1n) is 8.87. The number of fused-ring (bicyclic) bond motifs is 3. The van der Waals surface area contributed by atoms with Crippen LogP contribution in [0, 0.1) is 34.5 Å². The average molecular weight is 288 g/mol. The van der Waals surface area contributed by atoms with E-state index in [-0.39, 0.29) is 5.92 Å². The molecule has 4 fully saturated rings. The first-order chi connectivity index (χ1) is 9.96. The van der Waals surface area contributed by atoms with Crippen LogP contribution in [0.3, 0.4) is 0 Å². The van der Waals surface area contributed by atoms with E-state index in [1.165, 1.54) is 50.5 Å². The fourth-order valence-corrected chi connectivity index (χ4v) is 7.22. The summed E-state index contributed by atoms with van der Waals surface area (Å²) in [4.78, 5) is 11.6. The monoisotopic (exact) mass is 288 g/mol. The lowest BCUT2D eigenvalue weighted by molar-refractivity contribution is -0.143. The maximum atomic E-state index is 11.6. The lowest BCUT2D eigenvalue weighted by Gasteiger charge is -2.60. The third-order valence-corrected chi connectivity index (χ3v) is 7.98. The van der Waals surface area contributed by atoms with Gasteiger partial charge in [0.15, 0.2) is 0 Å². The predicted octanol–water partition coefficient (Wildman–Crippen LogP) is 4.65. The van der Waals surface area contributed by atoms with Crippen LogP contribution >= 0.6 is 0 Å². The molecule has 0 aromatic carbocycles. The summed E-state index contributed by atoms with van der Waals surface area (Å²) in [6.45, 7) is 6.91. The summed E-state index contributed by atoms with van der Waals surface area (Å²) < 4.78 is 0. The van der Waals surface area contributed by atoms with Gasteiger partial charge >= 0.3 is 5.97 Å². The van der Waals surface area contributed by atoms with Crippen LogP contribution < -0.4 is 0 Å². The maximum Gasteiger partial charge on any atom is 0.306 e. The molecule has 0 amide bonds. The van der Waals surface area contributed by atoms with Crippen LogP contribution in [0.5, 0.6) is 0 Å². The Hall–Kier alpha value is -0.790. The molecule has 4 saturated carbocycles. The van der Waals surface area contributed by atoms with Gasteiger partial charge in [-0.1, -0.05) is 19.1 Å². The van der Waals surface area contributed by atoms with E-state index in [1.807, 2.05) is 0 Å². The highest BCUT2D eigenvalue weighted by atomic mass is 16.4. The summed E-state index contributed by atoms with van der Waals surface area (Å²) in [6.07, 6.45) is 11.0. The number of aliphatic carboxylic acids is 1. The van der Waals surface area contributed by atoms with Crippen LogP contribution in [0.25, 0.3) is 0 Å². The molecular weight excluding hydrogens is 260 g/mol. The summed E-state index contributed by atoms with van der Waals surface area (Å²) >= 11 is 0. The summed E-state index contributed by atoms with van der Waals surface area (Å²) in [5, 5.41) is 9.57. The molecule has 2 heteroatoms. The number of allylic oxidation sites excluding steroid dienone is 1. The van der Waals surface area contributed by atoms with Crippen molar-refractivity contribution in [2.45, 2.75) is 64.7 Å². The molecule has 0 aliphatic heterocycles. The zero-order chi connectivity index (χ0) is 14.8. The van der Waals surface area contributed by atoms with Gasteiger partial charge in [0.05, 0.1) is 5.92 Å². The molecule has 0 aromatic rings. The van der Waals surface area contributed by atoms with Crippen molar-refractivity contribution < 1.29 is 9.90 Å². The van der Waals surface area contributed by atoms with Crippen molar-refractivity contribution in [3.63, 3.8) is 0 Å². The van der Waals surface area contributed by atoms with Crippen LogP contribution in [-0.4, -0.2) is 11.1 Å². The molecule has 0 saturated heterocycles. The van der Waals surface area contributed by atoms with E-state index >= 15 is 0 Å². The van der Waals surface area contributed by atoms with Gasteiger partial charge in [-0.3, -0.25) is 4.79 Å². The standard InChI is InChI=1S/C19H28O2/c1-12-4-3-8-18(2)15(12)7-9-19-10-13(5-6-16(18)19)14(11-19)17(20)21/h13-16H,1,3-11H2,2H3,(H,20,21)/t13-,14+,15-,16+,18-,19+/m1/s1. The second-order valence-electron chi connectivity index (χ2n) is 8.71. The van der Waals surface area contributed by atoms with Gasteiger partial charge in [-0.15, -0.1) is 0 Å². The molecular formula is C19H28O2. The molecule has 4 aliphatic rings. The van der Waals surface area contributed by atoms with Gasteiger partial charge < -0.3 is 5.11 Å². The molecule has 1 spiro atoms. The summed E-state index contributed by atoms with van der Waals surface area (Å²) in [6, 6.07) is 0. The zero-order valence-corrected chi connectivity index (χ0v) is 13.2. The van der Waals surface area contributed by atoms with Crippen molar-refractivity contribution in [1.82, 2.24) is 0 Å². The van der Waals surface area contributed by atoms with Crippen molar-refractivity contribution in [1.29, 1.82) is 0 Å². The normalized spacial score (nSPS) is 52.1. The second-order valence-corrected chi connectivity index (χ2v) is 8.71. The second kappa shape index (κ2) is 4.36. The molecule has 0 radical (unpaired) electrons. The molecule has 6 atom stereocenters. The Morgan fingerprint density at radius 3 is 2.81 bits per heavy atom. The van der Waals surface area contributed by atoms with Gasteiger partial charge in [-0.2, -0.15) is 0 Å². The fraction of sp³-hybridized carbons (Fsp3) is 0.842. The highest BCUT2D eigenvalue weighted by molar-refractivity contribution is 5.71.